The molecule has 6 heteroatoms. The first kappa shape index (κ1) is 14.0. The Bertz CT molecular complexity index is 363. The molecule has 1 aliphatic heterocycles. The number of anilines is 1. The average Bonchev–Trinajstić information content (AvgIpc) is 2.61. The molecule has 1 N–H and O–H groups in total. The molecule has 1 heterocycles. The first-order valence-electron chi connectivity index (χ1n) is 4.08. The van der Waals surface area contributed by atoms with Gasteiger partial charge in [0.25, 0.3) is 0 Å². The molecule has 0 amide bonds. The molecule has 15 heavy (non-hydrogen) atoms. The predicted octanol–water partition coefficient (Wildman–Crippen LogP) is -0.528. The van der Waals surface area contributed by atoms with E-state index in [4.69, 9.17) is 24.4 Å². The Balaban J connectivity index is 0.00000112. The van der Waals surface area contributed by atoms with Gasteiger partial charge in [0.05, 0.1) is 5.69 Å². The number of nitrogens with zero attached hydrogens (tertiary/aromatic N) is 1. The smallest absolute Gasteiger partial charge is 1.00 e. The summed E-state index contributed by atoms with van der Waals surface area (Å²) in [6.07, 6.45) is 0. The van der Waals surface area contributed by atoms with E-state index in [0.29, 0.717) is 0 Å². The Kier molecular flexibility index (Phi) is 6.23. The Hall–Kier alpha value is 0.986. The van der Waals surface area contributed by atoms with Gasteiger partial charge in [-0.15, -0.1) is 0 Å². The van der Waals surface area contributed by atoms with Gasteiger partial charge in [0.1, 0.15) is 5.37 Å². The molecule has 0 radical (unpaired) electrons. The van der Waals surface area contributed by atoms with E-state index in [1.807, 2.05) is 35.3 Å². The Morgan fingerprint density at radius 2 is 2.07 bits per heavy atom. The van der Waals surface area contributed by atoms with Crippen LogP contribution in [0.25, 0.3) is 0 Å². The fraction of sp³-hybridized carbons (Fsp3) is 0.111. The maximum atomic E-state index is 5.08. The van der Waals surface area contributed by atoms with Gasteiger partial charge in [0, 0.05) is 5.37 Å². The number of para-hydroxylation sites is 1. The third kappa shape index (κ3) is 3.47. The van der Waals surface area contributed by atoms with Gasteiger partial charge in [0.2, 0.25) is 0 Å². The van der Waals surface area contributed by atoms with Gasteiger partial charge >= 0.3 is 51.4 Å². The Morgan fingerprint density at radius 1 is 1.40 bits per heavy atom. The minimum atomic E-state index is 0. The van der Waals surface area contributed by atoms with Crippen LogP contribution < -0.4 is 61.8 Å². The minimum Gasteiger partial charge on any atom is -1.00 e. The summed E-state index contributed by atoms with van der Waals surface area (Å²) in [6, 6.07) is 10.0. The molecule has 0 bridgehead atoms. The summed E-state index contributed by atoms with van der Waals surface area (Å²) in [6.45, 7) is 0. The van der Waals surface area contributed by atoms with Crippen LogP contribution in [0.15, 0.2) is 30.3 Å². The van der Waals surface area contributed by atoms with Gasteiger partial charge in [-0.25, -0.2) is 0 Å². The number of hydrazine groups is 1. The number of thioether (sulfide) groups is 1. The van der Waals surface area contributed by atoms with Crippen molar-refractivity contribution in [3.05, 3.63) is 30.3 Å². The van der Waals surface area contributed by atoms with E-state index >= 15 is 0 Å². The molecule has 0 aliphatic carbocycles. The van der Waals surface area contributed by atoms with E-state index in [9.17, 15) is 0 Å². The summed E-state index contributed by atoms with van der Waals surface area (Å²) in [5.41, 5.74) is 4.18. The molecule has 1 aromatic carbocycles. The molecule has 0 spiro atoms. The van der Waals surface area contributed by atoms with Crippen LogP contribution in [0.3, 0.4) is 0 Å². The maximum Gasteiger partial charge on any atom is 1.00 e. The van der Waals surface area contributed by atoms with Crippen molar-refractivity contribution in [2.75, 3.05) is 5.01 Å². The van der Waals surface area contributed by atoms with Crippen LogP contribution in [-0.2, 0) is 0 Å². The minimum absolute atomic E-state index is 0. The van der Waals surface area contributed by atoms with Crippen molar-refractivity contribution in [3.8, 4) is 0 Å². The van der Waals surface area contributed by atoms with Gasteiger partial charge in [-0.05, 0) is 12.1 Å². The van der Waals surface area contributed by atoms with Crippen LogP contribution in [-0.4, -0.2) is 15.1 Å². The summed E-state index contributed by atoms with van der Waals surface area (Å²) < 4.78 is 0.764. The number of hydrogen-bond donors (Lipinski definition) is 1. The van der Waals surface area contributed by atoms with Gasteiger partial charge in [-0.3, -0.25) is 10.4 Å². The van der Waals surface area contributed by atoms with Crippen molar-refractivity contribution in [3.63, 3.8) is 0 Å². The number of thiocarbonyl (C=S) groups is 2. The van der Waals surface area contributed by atoms with Gasteiger partial charge in [-0.2, -0.15) is 0 Å². The second-order valence-corrected chi connectivity index (χ2v) is 4.82. The number of nitrogens with one attached hydrogen (secondary N) is 1. The summed E-state index contributed by atoms with van der Waals surface area (Å²) in [7, 11) is 0. The Labute approximate surface area is 148 Å². The zero-order valence-corrected chi connectivity index (χ0v) is 13.8. The van der Waals surface area contributed by atoms with E-state index in [1.165, 1.54) is 0 Å². The third-order valence-corrected chi connectivity index (χ3v) is 3.55. The van der Waals surface area contributed by atoms with Crippen molar-refractivity contribution in [2.24, 2.45) is 0 Å². The Morgan fingerprint density at radius 3 is 2.67 bits per heavy atom. The topological polar surface area (TPSA) is 15.3 Å². The molecule has 1 aromatic rings. The quantitative estimate of drug-likeness (QED) is 0.577. The molecule has 2 nitrogen and oxygen atoms in total. The monoisotopic (exact) mass is 280 g/mol. The van der Waals surface area contributed by atoms with Crippen LogP contribution in [0, 0.1) is 0 Å². The normalized spacial score (nSPS) is 19.3. The summed E-state index contributed by atoms with van der Waals surface area (Å²) in [5.74, 6) is 0. The molecule has 1 unspecified atom stereocenters. The molecular weight excluding hydrogens is 271 g/mol. The average molecular weight is 280 g/mol. The van der Waals surface area contributed by atoms with Gasteiger partial charge < -0.3 is 1.43 Å². The van der Waals surface area contributed by atoms with Crippen LogP contribution in [0.5, 0.6) is 0 Å². The summed E-state index contributed by atoms with van der Waals surface area (Å²) in [5, 5.41) is 3.80. The van der Waals surface area contributed by atoms with Crippen LogP contribution in [0.2, 0.25) is 0 Å². The molecule has 0 aromatic heterocycles. The molecular formula is C9H9KN2S3. The second-order valence-electron chi connectivity index (χ2n) is 2.75. The van der Waals surface area contributed by atoms with Crippen molar-refractivity contribution < 1.29 is 52.8 Å². The summed E-state index contributed by atoms with van der Waals surface area (Å²) >= 11 is 11.6. The van der Waals surface area contributed by atoms with Crippen LogP contribution in [0.4, 0.5) is 5.69 Å². The van der Waals surface area contributed by atoms with E-state index in [1.54, 1.807) is 17.1 Å². The molecule has 0 saturated carbocycles. The molecule has 1 aliphatic rings. The number of benzene rings is 1. The fourth-order valence-corrected chi connectivity index (χ4v) is 2.63. The van der Waals surface area contributed by atoms with Crippen molar-refractivity contribution in [1.82, 2.24) is 5.43 Å². The molecule has 1 atom stereocenters. The standard InChI is InChI=1S/C9H8N2S3.K.H/c12-6-8-11(10-9(13)14-8)7-4-2-1-3-5-7;;/h1-6,8H,(H,10,13);;/q;+1;-1. The summed E-state index contributed by atoms with van der Waals surface area (Å²) in [4.78, 5) is 0. The first-order chi connectivity index (χ1) is 6.81. The van der Waals surface area contributed by atoms with E-state index < -0.39 is 0 Å². The van der Waals surface area contributed by atoms with Crippen molar-refractivity contribution in [2.45, 2.75) is 5.37 Å². The zero-order valence-electron chi connectivity index (χ0n) is 9.21. The molecule has 2 rings (SSSR count). The second kappa shape index (κ2) is 6.66. The first-order valence-corrected chi connectivity index (χ1v) is 5.84. The van der Waals surface area contributed by atoms with Gasteiger partial charge in [-0.1, -0.05) is 54.4 Å². The van der Waals surface area contributed by atoms with Crippen molar-refractivity contribution >= 4 is 51.6 Å². The number of rotatable bonds is 2. The molecule has 1 saturated heterocycles. The van der Waals surface area contributed by atoms with Gasteiger partial charge in [0.15, 0.2) is 4.32 Å². The maximum absolute atomic E-state index is 5.08. The largest absolute Gasteiger partial charge is 1.00 e. The predicted molar refractivity (Wildman–Crippen MR) is 70.8 cm³/mol. The van der Waals surface area contributed by atoms with E-state index in [2.05, 4.69) is 5.43 Å². The van der Waals surface area contributed by atoms with E-state index in [0.717, 1.165) is 10.0 Å². The van der Waals surface area contributed by atoms with Crippen LogP contribution in [0.1, 0.15) is 1.43 Å². The van der Waals surface area contributed by atoms with E-state index in [-0.39, 0.29) is 58.2 Å². The number of hydrogen-bond acceptors (Lipinski definition) is 4. The van der Waals surface area contributed by atoms with Crippen molar-refractivity contribution in [1.29, 1.82) is 0 Å². The molecule has 74 valence electrons. The zero-order chi connectivity index (χ0) is 9.97. The molecule has 1 fully saturated rings. The SMILES string of the molecule is S=CC1SC(=S)NN1c1ccccc1.[H-].[K+]. The fourth-order valence-electron chi connectivity index (χ4n) is 1.24. The van der Waals surface area contributed by atoms with Crippen LogP contribution >= 0.6 is 36.2 Å². The third-order valence-electron chi connectivity index (χ3n) is 1.84.